The lowest BCUT2D eigenvalue weighted by Crippen LogP contribution is -2.02. The van der Waals surface area contributed by atoms with E-state index in [1.165, 1.54) is 12.1 Å². The molecule has 0 amide bonds. The maximum Gasteiger partial charge on any atom is 0.275 e. The van der Waals surface area contributed by atoms with Crippen LogP contribution in [0.25, 0.3) is 0 Å². The van der Waals surface area contributed by atoms with Gasteiger partial charge in [-0.2, -0.15) is 0 Å². The number of nitro benzene ring substituents is 1. The SMILES string of the molecule is CCCOc1cc(NCc2csc(C)n2)cc([N+](=O)[O-])c1. The maximum atomic E-state index is 11.0. The normalized spacial score (nSPS) is 10.4. The van der Waals surface area contributed by atoms with E-state index < -0.39 is 4.92 Å². The van der Waals surface area contributed by atoms with Crippen LogP contribution in [0.15, 0.2) is 23.6 Å². The third-order valence-electron chi connectivity index (χ3n) is 2.72. The number of hydrogen-bond acceptors (Lipinski definition) is 6. The Balaban J connectivity index is 2.12. The molecule has 0 saturated carbocycles. The van der Waals surface area contributed by atoms with Crippen molar-refractivity contribution in [1.29, 1.82) is 0 Å². The summed E-state index contributed by atoms with van der Waals surface area (Å²) in [6.45, 7) is 4.99. The Morgan fingerprint density at radius 1 is 1.43 bits per heavy atom. The molecule has 1 aromatic carbocycles. The van der Waals surface area contributed by atoms with Gasteiger partial charge in [-0.15, -0.1) is 11.3 Å². The number of nitrogens with one attached hydrogen (secondary N) is 1. The second-order valence-corrected chi connectivity index (χ2v) is 5.59. The zero-order valence-electron chi connectivity index (χ0n) is 12.0. The third kappa shape index (κ3) is 4.42. The van der Waals surface area contributed by atoms with Crippen molar-refractivity contribution < 1.29 is 9.66 Å². The van der Waals surface area contributed by atoms with Crippen molar-refractivity contribution in [3.63, 3.8) is 0 Å². The van der Waals surface area contributed by atoms with Crippen molar-refractivity contribution in [2.24, 2.45) is 0 Å². The molecule has 0 radical (unpaired) electrons. The molecule has 0 saturated heterocycles. The van der Waals surface area contributed by atoms with Crippen LogP contribution in [0, 0.1) is 17.0 Å². The van der Waals surface area contributed by atoms with E-state index in [0.29, 0.717) is 24.6 Å². The molecule has 0 aliphatic rings. The lowest BCUT2D eigenvalue weighted by molar-refractivity contribution is -0.384. The number of thiazole rings is 1. The second-order valence-electron chi connectivity index (χ2n) is 4.53. The lowest BCUT2D eigenvalue weighted by atomic mass is 10.2. The molecular formula is C14H17N3O3S. The summed E-state index contributed by atoms with van der Waals surface area (Å²) in [4.78, 5) is 14.9. The largest absolute Gasteiger partial charge is 0.493 e. The van der Waals surface area contributed by atoms with Crippen molar-refractivity contribution >= 4 is 22.7 Å². The van der Waals surface area contributed by atoms with E-state index in [-0.39, 0.29) is 5.69 Å². The number of hydrogen-bond donors (Lipinski definition) is 1. The molecule has 1 aromatic heterocycles. The molecule has 2 rings (SSSR count). The molecule has 0 fully saturated rings. The van der Waals surface area contributed by atoms with Gasteiger partial charge in [-0.1, -0.05) is 6.92 Å². The van der Waals surface area contributed by atoms with Gasteiger partial charge in [0.1, 0.15) is 5.75 Å². The highest BCUT2D eigenvalue weighted by Gasteiger charge is 2.11. The van der Waals surface area contributed by atoms with Gasteiger partial charge in [0.25, 0.3) is 5.69 Å². The molecule has 6 nitrogen and oxygen atoms in total. The summed E-state index contributed by atoms with van der Waals surface area (Å²) >= 11 is 1.58. The van der Waals surface area contributed by atoms with Gasteiger partial charge in [-0.05, 0) is 13.3 Å². The fraction of sp³-hybridized carbons (Fsp3) is 0.357. The third-order valence-corrected chi connectivity index (χ3v) is 3.54. The highest BCUT2D eigenvalue weighted by Crippen LogP contribution is 2.26. The molecule has 0 bridgehead atoms. The van der Waals surface area contributed by atoms with E-state index in [9.17, 15) is 10.1 Å². The lowest BCUT2D eigenvalue weighted by Gasteiger charge is -2.09. The topological polar surface area (TPSA) is 77.3 Å². The van der Waals surface area contributed by atoms with Crippen LogP contribution in [0.4, 0.5) is 11.4 Å². The van der Waals surface area contributed by atoms with Crippen LogP contribution >= 0.6 is 11.3 Å². The van der Waals surface area contributed by atoms with Crippen LogP contribution in [0.1, 0.15) is 24.0 Å². The number of benzene rings is 1. The van der Waals surface area contributed by atoms with Gasteiger partial charge >= 0.3 is 0 Å². The predicted octanol–water partition coefficient (Wildman–Crippen LogP) is 3.76. The van der Waals surface area contributed by atoms with E-state index in [4.69, 9.17) is 4.74 Å². The minimum Gasteiger partial charge on any atom is -0.493 e. The molecule has 1 heterocycles. The Bertz CT molecular complexity index is 628. The van der Waals surface area contributed by atoms with E-state index >= 15 is 0 Å². The van der Waals surface area contributed by atoms with Crippen molar-refractivity contribution in [2.75, 3.05) is 11.9 Å². The molecule has 0 spiro atoms. The summed E-state index contributed by atoms with van der Waals surface area (Å²) in [6.07, 6.45) is 0.851. The number of ether oxygens (including phenoxy) is 1. The second kappa shape index (κ2) is 7.03. The van der Waals surface area contributed by atoms with E-state index in [2.05, 4.69) is 10.3 Å². The van der Waals surface area contributed by atoms with Crippen molar-refractivity contribution in [2.45, 2.75) is 26.8 Å². The average Bonchev–Trinajstić information content (AvgIpc) is 2.88. The molecular weight excluding hydrogens is 290 g/mol. The van der Waals surface area contributed by atoms with Crippen molar-refractivity contribution in [3.8, 4) is 5.75 Å². The first-order chi connectivity index (χ1) is 10.1. The monoisotopic (exact) mass is 307 g/mol. The van der Waals surface area contributed by atoms with Gasteiger partial charge < -0.3 is 10.1 Å². The Morgan fingerprint density at radius 2 is 2.24 bits per heavy atom. The summed E-state index contributed by atoms with van der Waals surface area (Å²) in [6, 6.07) is 4.70. The van der Waals surface area contributed by atoms with E-state index in [0.717, 1.165) is 17.1 Å². The summed E-state index contributed by atoms with van der Waals surface area (Å²) < 4.78 is 5.48. The molecule has 7 heteroatoms. The average molecular weight is 307 g/mol. The van der Waals surface area contributed by atoms with Crippen LogP contribution in [0.3, 0.4) is 0 Å². The molecule has 0 aliphatic heterocycles. The Kier molecular flexibility index (Phi) is 5.10. The van der Waals surface area contributed by atoms with E-state index in [1.807, 2.05) is 19.2 Å². The molecule has 0 aliphatic carbocycles. The van der Waals surface area contributed by atoms with Crippen LogP contribution in [-0.4, -0.2) is 16.5 Å². The number of aromatic nitrogens is 1. The first kappa shape index (κ1) is 15.2. The van der Waals surface area contributed by atoms with Crippen LogP contribution < -0.4 is 10.1 Å². The quantitative estimate of drug-likeness (QED) is 0.622. The standard InChI is InChI=1S/C14H17N3O3S/c1-3-4-20-14-6-11(5-13(7-14)17(18)19)15-8-12-9-21-10(2)16-12/h5-7,9,15H,3-4,8H2,1-2H3. The Morgan fingerprint density at radius 3 is 2.86 bits per heavy atom. The summed E-state index contributed by atoms with van der Waals surface area (Å²) in [5, 5.41) is 17.1. The molecule has 1 N–H and O–H groups in total. The predicted molar refractivity (Wildman–Crippen MR) is 83.1 cm³/mol. The molecule has 21 heavy (non-hydrogen) atoms. The van der Waals surface area contributed by atoms with Gasteiger partial charge in [0.2, 0.25) is 0 Å². The molecule has 2 aromatic rings. The van der Waals surface area contributed by atoms with Crippen LogP contribution in [0.2, 0.25) is 0 Å². The number of rotatable bonds is 7. The molecule has 0 unspecified atom stereocenters. The highest BCUT2D eigenvalue weighted by molar-refractivity contribution is 7.09. The van der Waals surface area contributed by atoms with Gasteiger partial charge in [-0.25, -0.2) is 4.98 Å². The number of anilines is 1. The zero-order valence-corrected chi connectivity index (χ0v) is 12.8. The fourth-order valence-electron chi connectivity index (χ4n) is 1.78. The number of nitro groups is 1. The minimum atomic E-state index is -0.420. The van der Waals surface area contributed by atoms with Gasteiger partial charge in [0.15, 0.2) is 0 Å². The first-order valence-electron chi connectivity index (χ1n) is 6.65. The summed E-state index contributed by atoms with van der Waals surface area (Å²) in [5.41, 5.74) is 1.58. The Hall–Kier alpha value is -2.15. The van der Waals surface area contributed by atoms with Crippen LogP contribution in [0.5, 0.6) is 5.75 Å². The van der Waals surface area contributed by atoms with Crippen molar-refractivity contribution in [3.05, 3.63) is 44.4 Å². The number of nitrogens with zero attached hydrogens (tertiary/aromatic N) is 2. The molecule has 112 valence electrons. The summed E-state index contributed by atoms with van der Waals surface area (Å²) in [7, 11) is 0. The number of aryl methyl sites for hydroxylation is 1. The zero-order chi connectivity index (χ0) is 15.2. The van der Waals surface area contributed by atoms with Gasteiger partial charge in [-0.3, -0.25) is 10.1 Å². The highest BCUT2D eigenvalue weighted by atomic mass is 32.1. The first-order valence-corrected chi connectivity index (χ1v) is 7.53. The van der Waals surface area contributed by atoms with Gasteiger partial charge in [0.05, 0.1) is 34.8 Å². The van der Waals surface area contributed by atoms with Crippen molar-refractivity contribution in [1.82, 2.24) is 4.98 Å². The number of non-ortho nitro benzene ring substituents is 1. The van der Waals surface area contributed by atoms with Gasteiger partial charge in [0, 0.05) is 23.2 Å². The fourth-order valence-corrected chi connectivity index (χ4v) is 2.39. The smallest absolute Gasteiger partial charge is 0.275 e. The molecule has 0 atom stereocenters. The van der Waals surface area contributed by atoms with E-state index in [1.54, 1.807) is 17.4 Å². The minimum absolute atomic E-state index is 0.0144. The Labute approximate surface area is 126 Å². The maximum absolute atomic E-state index is 11.0. The van der Waals surface area contributed by atoms with Crippen LogP contribution in [-0.2, 0) is 6.54 Å². The summed E-state index contributed by atoms with van der Waals surface area (Å²) in [5.74, 6) is 0.503.